The van der Waals surface area contributed by atoms with E-state index >= 15 is 0 Å². The Labute approximate surface area is 193 Å². The minimum Gasteiger partial charge on any atom is -0.612 e. The van der Waals surface area contributed by atoms with Crippen LogP contribution in [0.15, 0.2) is 35.2 Å². The van der Waals surface area contributed by atoms with Gasteiger partial charge in [-0.05, 0) is 53.5 Å². The number of nitriles is 2. The molecule has 1 saturated heterocycles. The predicted molar refractivity (Wildman–Crippen MR) is 118 cm³/mol. The fourth-order valence-electron chi connectivity index (χ4n) is 4.75. The van der Waals surface area contributed by atoms with Crippen molar-refractivity contribution >= 4 is 17.1 Å². The van der Waals surface area contributed by atoms with Crippen LogP contribution in [-0.4, -0.2) is 34.8 Å². The van der Waals surface area contributed by atoms with Gasteiger partial charge in [-0.15, -0.1) is 0 Å². The van der Waals surface area contributed by atoms with Crippen molar-refractivity contribution in [2.75, 3.05) is 6.26 Å². The molecule has 1 amide bonds. The van der Waals surface area contributed by atoms with Gasteiger partial charge in [0, 0.05) is 24.1 Å². The summed E-state index contributed by atoms with van der Waals surface area (Å²) in [7, 11) is 0. The van der Waals surface area contributed by atoms with E-state index in [1.165, 1.54) is 36.6 Å². The zero-order valence-corrected chi connectivity index (χ0v) is 18.7. The highest BCUT2D eigenvalue weighted by Crippen LogP contribution is 2.35. The van der Waals surface area contributed by atoms with Crippen molar-refractivity contribution in [2.45, 2.75) is 48.7 Å². The molecule has 2 fully saturated rings. The van der Waals surface area contributed by atoms with Crippen LogP contribution in [0.5, 0.6) is 0 Å². The topological polar surface area (TPSA) is 112 Å². The molecule has 0 radical (unpaired) electrons. The summed E-state index contributed by atoms with van der Waals surface area (Å²) in [4.78, 5) is 12.8. The van der Waals surface area contributed by atoms with Gasteiger partial charge in [0.15, 0.2) is 16.5 Å². The summed E-state index contributed by atoms with van der Waals surface area (Å²) in [5.41, 5.74) is 0.414. The molecule has 5 atom stereocenters. The molecular formula is C24H22F2N4O2S. The standard InChI is InChI=1S/C24H22F2N4O2S/c1-33(32)20-10-13(2-3-16(20)11-27)19-7-5-14(21(25)22(19)26)8-18(12-28)30-24(31)23-15-4-6-17(9-15)29-23/h2-3,5,7,10,15,17-18,23,29H,4,6,8-9H2,1H3,(H,30,31)/t15?,17?,18-,23?,33?/m0/s1. The number of rotatable bonds is 6. The number of carbonyl (C=O) groups excluding carboxylic acids is 1. The lowest BCUT2D eigenvalue weighted by atomic mass is 9.97. The van der Waals surface area contributed by atoms with Crippen LogP contribution in [0, 0.1) is 40.2 Å². The highest BCUT2D eigenvalue weighted by molar-refractivity contribution is 7.90. The molecule has 0 aromatic heterocycles. The highest BCUT2D eigenvalue weighted by Gasteiger charge is 2.43. The Kier molecular flexibility index (Phi) is 6.66. The third kappa shape index (κ3) is 4.58. The number of carbonyl (C=O) groups is 1. The first-order valence-corrected chi connectivity index (χ1v) is 12.2. The molecule has 2 aromatic carbocycles. The Morgan fingerprint density at radius 1 is 1.27 bits per heavy atom. The van der Waals surface area contributed by atoms with Gasteiger partial charge >= 0.3 is 0 Å². The number of nitrogens with zero attached hydrogens (tertiary/aromatic N) is 2. The molecular weight excluding hydrogens is 446 g/mol. The number of hydrogen-bond donors (Lipinski definition) is 2. The van der Waals surface area contributed by atoms with Crippen LogP contribution in [0.3, 0.4) is 0 Å². The van der Waals surface area contributed by atoms with Crippen LogP contribution in [0.4, 0.5) is 8.78 Å². The van der Waals surface area contributed by atoms with E-state index in [1.807, 2.05) is 12.1 Å². The molecule has 2 aromatic rings. The summed E-state index contributed by atoms with van der Waals surface area (Å²) >= 11 is -1.48. The van der Waals surface area contributed by atoms with E-state index in [0.717, 1.165) is 19.3 Å². The predicted octanol–water partition coefficient (Wildman–Crippen LogP) is 2.93. The maximum Gasteiger partial charge on any atom is 0.238 e. The number of piperidine rings is 1. The summed E-state index contributed by atoms with van der Waals surface area (Å²) in [6, 6.07) is 9.93. The quantitative estimate of drug-likeness (QED) is 0.633. The van der Waals surface area contributed by atoms with Gasteiger partial charge in [-0.1, -0.05) is 18.2 Å². The van der Waals surface area contributed by atoms with E-state index in [4.69, 9.17) is 5.26 Å². The lowest BCUT2D eigenvalue weighted by Crippen LogP contribution is -2.50. The first-order valence-electron chi connectivity index (χ1n) is 10.6. The molecule has 2 aliphatic rings. The second kappa shape index (κ2) is 9.48. The highest BCUT2D eigenvalue weighted by atomic mass is 32.2. The summed E-state index contributed by atoms with van der Waals surface area (Å²) in [6.07, 6.45) is 4.18. The van der Waals surface area contributed by atoms with Gasteiger partial charge in [-0.25, -0.2) is 8.78 Å². The van der Waals surface area contributed by atoms with Gasteiger partial charge in [0.1, 0.15) is 23.9 Å². The number of halogens is 2. The minimum atomic E-state index is -1.48. The smallest absolute Gasteiger partial charge is 0.238 e. The summed E-state index contributed by atoms with van der Waals surface area (Å²) in [5, 5.41) is 24.5. The Bertz CT molecular complexity index is 1170. The molecule has 4 unspecified atom stereocenters. The van der Waals surface area contributed by atoms with Crippen molar-refractivity contribution < 1.29 is 18.1 Å². The number of amides is 1. The van der Waals surface area contributed by atoms with E-state index in [2.05, 4.69) is 10.6 Å². The number of fused-ring (bicyclic) bond motifs is 2. The number of hydrogen-bond acceptors (Lipinski definition) is 5. The molecule has 2 bridgehead atoms. The van der Waals surface area contributed by atoms with Crippen LogP contribution in [-0.2, 0) is 22.4 Å². The second-order valence-corrected chi connectivity index (χ2v) is 9.83. The molecule has 2 N–H and O–H groups in total. The zero-order chi connectivity index (χ0) is 23.7. The maximum atomic E-state index is 14.9. The van der Waals surface area contributed by atoms with Gasteiger partial charge in [0.05, 0.1) is 12.1 Å². The molecule has 0 spiro atoms. The Hall–Kier alpha value is -2.98. The maximum absolute atomic E-state index is 14.9. The molecule has 6 nitrogen and oxygen atoms in total. The molecule has 1 heterocycles. The molecule has 1 aliphatic carbocycles. The summed E-state index contributed by atoms with van der Waals surface area (Å²) in [5.74, 6) is -2.26. The Morgan fingerprint density at radius 3 is 2.67 bits per heavy atom. The Morgan fingerprint density at radius 2 is 2.06 bits per heavy atom. The van der Waals surface area contributed by atoms with Gasteiger partial charge in [0.2, 0.25) is 5.91 Å². The normalized spacial score (nSPS) is 22.9. The van der Waals surface area contributed by atoms with Gasteiger partial charge in [-0.3, -0.25) is 4.79 Å². The van der Waals surface area contributed by atoms with Crippen molar-refractivity contribution in [3.63, 3.8) is 0 Å². The van der Waals surface area contributed by atoms with Crippen molar-refractivity contribution in [3.8, 4) is 23.3 Å². The fourth-order valence-corrected chi connectivity index (χ4v) is 5.47. The lowest BCUT2D eigenvalue weighted by molar-refractivity contribution is -0.124. The van der Waals surface area contributed by atoms with Gasteiger partial charge in [-0.2, -0.15) is 10.5 Å². The van der Waals surface area contributed by atoms with Crippen LogP contribution in [0.2, 0.25) is 0 Å². The van der Waals surface area contributed by atoms with E-state index in [1.54, 1.807) is 0 Å². The summed E-state index contributed by atoms with van der Waals surface area (Å²) in [6.45, 7) is 0. The first-order chi connectivity index (χ1) is 15.8. The zero-order valence-electron chi connectivity index (χ0n) is 17.9. The number of nitrogens with one attached hydrogen (secondary N) is 2. The Balaban J connectivity index is 1.52. The van der Waals surface area contributed by atoms with Crippen LogP contribution < -0.4 is 10.6 Å². The summed E-state index contributed by atoms with van der Waals surface area (Å²) < 4.78 is 41.7. The van der Waals surface area contributed by atoms with Crippen molar-refractivity contribution in [1.29, 1.82) is 10.5 Å². The fraction of sp³-hybridized carbons (Fsp3) is 0.375. The van der Waals surface area contributed by atoms with Crippen molar-refractivity contribution in [3.05, 3.63) is 53.1 Å². The third-order valence-electron chi connectivity index (χ3n) is 6.42. The minimum absolute atomic E-state index is 0.0306. The largest absolute Gasteiger partial charge is 0.612 e. The average molecular weight is 469 g/mol. The van der Waals surface area contributed by atoms with E-state index in [-0.39, 0.29) is 51.4 Å². The van der Waals surface area contributed by atoms with Gasteiger partial charge in [0.25, 0.3) is 0 Å². The van der Waals surface area contributed by atoms with Crippen LogP contribution >= 0.6 is 0 Å². The van der Waals surface area contributed by atoms with E-state index in [0.29, 0.717) is 6.04 Å². The second-order valence-electron chi connectivity index (χ2n) is 8.49. The van der Waals surface area contributed by atoms with E-state index < -0.39 is 28.9 Å². The molecule has 170 valence electrons. The average Bonchev–Trinajstić information content (AvgIpc) is 3.45. The van der Waals surface area contributed by atoms with Crippen molar-refractivity contribution in [2.24, 2.45) is 5.92 Å². The SMILES string of the molecule is C[S+]([O-])c1cc(-c2ccc(C[C@@H](C#N)NC(=O)C3NC4CCC3C4)c(F)c2F)ccc1C#N. The van der Waals surface area contributed by atoms with Crippen LogP contribution in [0.1, 0.15) is 30.4 Å². The molecule has 33 heavy (non-hydrogen) atoms. The molecule has 4 rings (SSSR count). The molecule has 1 aliphatic heterocycles. The van der Waals surface area contributed by atoms with Crippen LogP contribution in [0.25, 0.3) is 11.1 Å². The molecule has 1 saturated carbocycles. The number of benzene rings is 2. The monoisotopic (exact) mass is 468 g/mol. The lowest BCUT2D eigenvalue weighted by Gasteiger charge is -2.23. The third-order valence-corrected chi connectivity index (χ3v) is 7.38. The van der Waals surface area contributed by atoms with Gasteiger partial charge < -0.3 is 15.2 Å². The van der Waals surface area contributed by atoms with E-state index in [9.17, 15) is 23.4 Å². The van der Waals surface area contributed by atoms with Crippen molar-refractivity contribution in [1.82, 2.24) is 10.6 Å². The first kappa shape index (κ1) is 23.2. The molecule has 9 heteroatoms.